The van der Waals surface area contributed by atoms with Gasteiger partial charge in [-0.1, -0.05) is 0 Å². The van der Waals surface area contributed by atoms with E-state index in [0.29, 0.717) is 17.2 Å². The molecule has 0 saturated carbocycles. The molecule has 0 heterocycles. The molecule has 0 aliphatic heterocycles. The molecule has 5 nitrogen and oxygen atoms in total. The van der Waals surface area contributed by atoms with Crippen molar-refractivity contribution in [1.82, 2.24) is 5.32 Å². The average molecular weight is 347 g/mol. The van der Waals surface area contributed by atoms with Crippen LogP contribution in [-0.4, -0.2) is 26.2 Å². The van der Waals surface area contributed by atoms with Gasteiger partial charge in [0.1, 0.15) is 23.1 Å². The largest absolute Gasteiger partial charge is 0.497 e. The maximum atomic E-state index is 12.9. The van der Waals surface area contributed by atoms with Crippen molar-refractivity contribution >= 4 is 5.91 Å². The van der Waals surface area contributed by atoms with E-state index in [-0.39, 0.29) is 17.8 Å². The predicted octanol–water partition coefficient (Wildman–Crippen LogP) is 3.49. The molecule has 0 aliphatic carbocycles. The molecule has 1 N–H and O–H groups in total. The van der Waals surface area contributed by atoms with Crippen molar-refractivity contribution < 1.29 is 23.4 Å². The minimum Gasteiger partial charge on any atom is -0.497 e. The van der Waals surface area contributed by atoms with Crippen molar-refractivity contribution in [3.8, 4) is 17.2 Å². The fourth-order valence-electron chi connectivity index (χ4n) is 2.36. The third-order valence-corrected chi connectivity index (χ3v) is 3.76. The highest BCUT2D eigenvalue weighted by molar-refractivity contribution is 5.81. The Kier molecular flexibility index (Phi) is 6.22. The zero-order valence-corrected chi connectivity index (χ0v) is 14.7. The molecule has 1 amide bonds. The molecule has 2 atom stereocenters. The quantitative estimate of drug-likeness (QED) is 0.833. The number of methoxy groups -OCH3 is 2. The van der Waals surface area contributed by atoms with Crippen LogP contribution in [0.4, 0.5) is 4.39 Å². The molecule has 0 unspecified atom stereocenters. The van der Waals surface area contributed by atoms with Gasteiger partial charge in [0, 0.05) is 5.56 Å². The second-order valence-corrected chi connectivity index (χ2v) is 5.55. The zero-order valence-electron chi connectivity index (χ0n) is 14.7. The predicted molar refractivity (Wildman–Crippen MR) is 92.6 cm³/mol. The number of nitrogens with one attached hydrogen (secondary N) is 1. The maximum absolute atomic E-state index is 12.9. The Morgan fingerprint density at radius 1 is 1.00 bits per heavy atom. The monoisotopic (exact) mass is 347 g/mol. The lowest BCUT2D eigenvalue weighted by atomic mass is 10.1. The Balaban J connectivity index is 2.05. The first-order chi connectivity index (χ1) is 11.9. The van der Waals surface area contributed by atoms with Gasteiger partial charge in [0.05, 0.1) is 20.3 Å². The van der Waals surface area contributed by atoms with Gasteiger partial charge in [-0.15, -0.1) is 0 Å². The van der Waals surface area contributed by atoms with Gasteiger partial charge in [-0.2, -0.15) is 0 Å². The van der Waals surface area contributed by atoms with Crippen LogP contribution < -0.4 is 19.5 Å². The molecule has 0 aliphatic rings. The number of rotatable bonds is 7. The van der Waals surface area contributed by atoms with Gasteiger partial charge in [0.2, 0.25) is 0 Å². The topological polar surface area (TPSA) is 56.8 Å². The van der Waals surface area contributed by atoms with Gasteiger partial charge in [-0.05, 0) is 56.3 Å². The van der Waals surface area contributed by atoms with Gasteiger partial charge in [0.25, 0.3) is 5.91 Å². The molecule has 2 aromatic rings. The smallest absolute Gasteiger partial charge is 0.261 e. The second-order valence-electron chi connectivity index (χ2n) is 5.55. The van der Waals surface area contributed by atoms with Crippen LogP contribution in [0.25, 0.3) is 0 Å². The van der Waals surface area contributed by atoms with Crippen LogP contribution >= 0.6 is 0 Å². The molecule has 6 heteroatoms. The van der Waals surface area contributed by atoms with Crippen LogP contribution in [0, 0.1) is 5.82 Å². The molecule has 0 fully saturated rings. The van der Waals surface area contributed by atoms with E-state index in [0.717, 1.165) is 5.56 Å². The fraction of sp³-hybridized carbons (Fsp3) is 0.316. The van der Waals surface area contributed by atoms with E-state index in [2.05, 4.69) is 5.32 Å². The van der Waals surface area contributed by atoms with Crippen LogP contribution in [0.15, 0.2) is 42.5 Å². The zero-order chi connectivity index (χ0) is 18.4. The van der Waals surface area contributed by atoms with E-state index in [4.69, 9.17) is 14.2 Å². The van der Waals surface area contributed by atoms with Crippen molar-refractivity contribution in [3.63, 3.8) is 0 Å². The van der Waals surface area contributed by atoms with Crippen molar-refractivity contribution in [1.29, 1.82) is 0 Å². The van der Waals surface area contributed by atoms with Crippen molar-refractivity contribution in [2.24, 2.45) is 0 Å². The Morgan fingerprint density at radius 2 is 1.64 bits per heavy atom. The highest BCUT2D eigenvalue weighted by atomic mass is 19.1. The minimum absolute atomic E-state index is 0.290. The molecule has 0 bridgehead atoms. The van der Waals surface area contributed by atoms with Crippen molar-refractivity contribution in [2.75, 3.05) is 14.2 Å². The van der Waals surface area contributed by atoms with Crippen LogP contribution in [0.5, 0.6) is 17.2 Å². The van der Waals surface area contributed by atoms with Gasteiger partial charge >= 0.3 is 0 Å². The summed E-state index contributed by atoms with van der Waals surface area (Å²) in [6.07, 6.45) is -0.732. The molecule has 0 aromatic heterocycles. The highest BCUT2D eigenvalue weighted by Gasteiger charge is 2.20. The summed E-state index contributed by atoms with van der Waals surface area (Å²) in [5.41, 5.74) is 0.796. The number of ether oxygens (including phenoxy) is 3. The van der Waals surface area contributed by atoms with Crippen LogP contribution in [0.2, 0.25) is 0 Å². The van der Waals surface area contributed by atoms with E-state index < -0.39 is 6.10 Å². The molecule has 25 heavy (non-hydrogen) atoms. The summed E-state index contributed by atoms with van der Waals surface area (Å²) in [4.78, 5) is 12.4. The number of hydrogen-bond acceptors (Lipinski definition) is 4. The third-order valence-electron chi connectivity index (χ3n) is 3.76. The number of benzene rings is 2. The molecule has 2 rings (SSSR count). The summed E-state index contributed by atoms with van der Waals surface area (Å²) >= 11 is 0. The van der Waals surface area contributed by atoms with Gasteiger partial charge in [0.15, 0.2) is 6.10 Å². The van der Waals surface area contributed by atoms with E-state index in [9.17, 15) is 9.18 Å². The van der Waals surface area contributed by atoms with Crippen molar-refractivity contribution in [3.05, 3.63) is 53.8 Å². The molecule has 134 valence electrons. The summed E-state index contributed by atoms with van der Waals surface area (Å²) in [6.45, 7) is 3.48. The molecular formula is C19H22FNO4. The lowest BCUT2D eigenvalue weighted by Crippen LogP contribution is -2.37. The fourth-order valence-corrected chi connectivity index (χ4v) is 2.36. The van der Waals surface area contributed by atoms with Gasteiger partial charge in [-0.3, -0.25) is 4.79 Å². The molecule has 0 radical (unpaired) electrons. The number of carbonyl (C=O) groups excluding carboxylic acids is 1. The van der Waals surface area contributed by atoms with E-state index in [1.54, 1.807) is 33.3 Å². The standard InChI is InChI=1S/C19H22FNO4/c1-12(17-11-16(23-3)9-10-18(17)24-4)21-19(22)13(2)25-15-7-5-14(20)6-8-15/h5-13H,1-4H3,(H,21,22)/t12-,13-/m1/s1. The molecule has 2 aromatic carbocycles. The minimum atomic E-state index is -0.732. The number of hydrogen-bond donors (Lipinski definition) is 1. The number of carbonyl (C=O) groups is 1. The number of amides is 1. The van der Waals surface area contributed by atoms with E-state index in [1.165, 1.54) is 24.3 Å². The van der Waals surface area contributed by atoms with Crippen LogP contribution in [0.1, 0.15) is 25.5 Å². The second kappa shape index (κ2) is 8.37. The normalized spacial score (nSPS) is 12.8. The first-order valence-corrected chi connectivity index (χ1v) is 7.89. The first kappa shape index (κ1) is 18.6. The van der Waals surface area contributed by atoms with E-state index >= 15 is 0 Å². The summed E-state index contributed by atoms with van der Waals surface area (Å²) < 4.78 is 29.0. The Hall–Kier alpha value is -2.76. The first-order valence-electron chi connectivity index (χ1n) is 7.89. The molecular weight excluding hydrogens is 325 g/mol. The lowest BCUT2D eigenvalue weighted by Gasteiger charge is -2.21. The molecule has 0 saturated heterocycles. The van der Waals surface area contributed by atoms with Crippen molar-refractivity contribution in [2.45, 2.75) is 26.0 Å². The Bertz CT molecular complexity index is 718. The highest BCUT2D eigenvalue weighted by Crippen LogP contribution is 2.29. The summed E-state index contributed by atoms with van der Waals surface area (Å²) in [7, 11) is 3.15. The Labute approximate surface area is 146 Å². The number of halogens is 1. The lowest BCUT2D eigenvalue weighted by molar-refractivity contribution is -0.127. The van der Waals surface area contributed by atoms with E-state index in [1.807, 2.05) is 13.0 Å². The molecule has 0 spiro atoms. The van der Waals surface area contributed by atoms with Gasteiger partial charge < -0.3 is 19.5 Å². The Morgan fingerprint density at radius 3 is 2.24 bits per heavy atom. The van der Waals surface area contributed by atoms with Crippen LogP contribution in [-0.2, 0) is 4.79 Å². The summed E-state index contributed by atoms with van der Waals surface area (Å²) in [5.74, 6) is 1.11. The van der Waals surface area contributed by atoms with Crippen LogP contribution in [0.3, 0.4) is 0 Å². The maximum Gasteiger partial charge on any atom is 0.261 e. The SMILES string of the molecule is COc1ccc(OC)c([C@@H](C)NC(=O)[C@@H](C)Oc2ccc(F)cc2)c1. The average Bonchev–Trinajstić information content (AvgIpc) is 2.62. The van der Waals surface area contributed by atoms with Gasteiger partial charge in [-0.25, -0.2) is 4.39 Å². The summed E-state index contributed by atoms with van der Waals surface area (Å²) in [6, 6.07) is 10.6. The third kappa shape index (κ3) is 4.86. The summed E-state index contributed by atoms with van der Waals surface area (Å²) in [5, 5.41) is 2.88.